The molecule has 0 bridgehead atoms. The van der Waals surface area contributed by atoms with E-state index >= 15 is 0 Å². The lowest BCUT2D eigenvalue weighted by Gasteiger charge is -2.08. The quantitative estimate of drug-likeness (QED) is 0.186. The Hall–Kier alpha value is -3.80. The topological polar surface area (TPSA) is 127 Å². The summed E-state index contributed by atoms with van der Waals surface area (Å²) in [4.78, 5) is 28.3. The van der Waals surface area contributed by atoms with Crippen LogP contribution in [0.3, 0.4) is 0 Å². The van der Waals surface area contributed by atoms with Crippen molar-refractivity contribution in [3.05, 3.63) is 88.0 Å². The zero-order valence-electron chi connectivity index (χ0n) is 18.5. The first-order valence-corrected chi connectivity index (χ1v) is 12.1. The van der Waals surface area contributed by atoms with E-state index in [-0.39, 0.29) is 5.69 Å². The zero-order valence-corrected chi connectivity index (χ0v) is 20.1. The summed E-state index contributed by atoms with van der Waals surface area (Å²) in [5.74, 6) is 0.0376. The summed E-state index contributed by atoms with van der Waals surface area (Å²) in [6.45, 7) is 2.47. The summed E-state index contributed by atoms with van der Waals surface area (Å²) in [6.07, 6.45) is -0.0934. The molecule has 4 aromatic rings. The first kappa shape index (κ1) is 24.3. The highest BCUT2D eigenvalue weighted by Gasteiger charge is 2.18. The maximum atomic E-state index is 12.1. The van der Waals surface area contributed by atoms with Crippen molar-refractivity contribution < 1.29 is 19.6 Å². The van der Waals surface area contributed by atoms with Crippen molar-refractivity contribution in [3.63, 3.8) is 0 Å². The summed E-state index contributed by atoms with van der Waals surface area (Å²) >= 11 is 2.63. The number of ether oxygens (including phenoxy) is 1. The predicted octanol–water partition coefficient (Wildman–Crippen LogP) is 4.94. The lowest BCUT2D eigenvalue weighted by Crippen LogP contribution is -2.25. The van der Waals surface area contributed by atoms with E-state index < -0.39 is 16.9 Å². The molecule has 0 saturated carbocycles. The van der Waals surface area contributed by atoms with Crippen molar-refractivity contribution in [2.24, 2.45) is 5.10 Å². The fourth-order valence-electron chi connectivity index (χ4n) is 3.14. The molecule has 0 fully saturated rings. The number of thiazole rings is 1. The average molecular weight is 509 g/mol. The van der Waals surface area contributed by atoms with E-state index in [1.54, 1.807) is 42.5 Å². The molecular weight excluding hydrogens is 488 g/mol. The van der Waals surface area contributed by atoms with Gasteiger partial charge in [0.2, 0.25) is 0 Å². The number of carbonyl (C=O) groups excluding carboxylic acids is 1. The number of aromatic nitrogens is 1. The minimum atomic E-state index is -1.38. The minimum Gasteiger partial charge on any atom is -0.494 e. The summed E-state index contributed by atoms with van der Waals surface area (Å²) in [7, 11) is 0. The second kappa shape index (κ2) is 11.1. The highest BCUT2D eigenvalue weighted by Crippen LogP contribution is 2.39. The third kappa shape index (κ3) is 6.01. The van der Waals surface area contributed by atoms with Crippen molar-refractivity contribution in [1.82, 2.24) is 10.4 Å². The molecular formula is C24H20N4O5S2. The van der Waals surface area contributed by atoms with Crippen LogP contribution >= 0.6 is 23.1 Å². The number of nitrogens with one attached hydrogen (secondary N) is 1. The number of nitrogens with zero attached hydrogens (tertiary/aromatic N) is 3. The number of hydrogen-bond acceptors (Lipinski definition) is 9. The Labute approximate surface area is 208 Å². The average Bonchev–Trinajstić information content (AvgIpc) is 3.26. The van der Waals surface area contributed by atoms with Crippen LogP contribution in [0, 0.1) is 10.1 Å². The van der Waals surface area contributed by atoms with E-state index in [4.69, 9.17) is 4.74 Å². The summed E-state index contributed by atoms with van der Waals surface area (Å²) in [5.41, 5.74) is 3.78. The smallest absolute Gasteiger partial charge is 0.283 e. The first-order chi connectivity index (χ1) is 16.9. The molecule has 3 aromatic carbocycles. The van der Waals surface area contributed by atoms with Crippen molar-refractivity contribution in [3.8, 4) is 5.75 Å². The third-order valence-corrected chi connectivity index (χ3v) is 6.92. The fraction of sp³-hybridized carbons (Fsp3) is 0.125. The lowest BCUT2D eigenvalue weighted by molar-refractivity contribution is -0.387. The number of amides is 1. The van der Waals surface area contributed by atoms with E-state index in [1.807, 2.05) is 25.1 Å². The summed E-state index contributed by atoms with van der Waals surface area (Å²) in [6, 6.07) is 18.7. The largest absolute Gasteiger partial charge is 0.494 e. The Morgan fingerprint density at radius 1 is 1.26 bits per heavy atom. The monoisotopic (exact) mass is 508 g/mol. The van der Waals surface area contributed by atoms with E-state index in [2.05, 4.69) is 15.5 Å². The SMILES string of the molecule is CCOc1ccc2nc(Sc3ccc(/C=N\NC(=O)[C@@H](O)c4ccccc4)cc3[N+](=O)[O-])sc2c1. The Balaban J connectivity index is 1.47. The molecule has 2 N–H and O–H groups in total. The van der Waals surface area contributed by atoms with Crippen molar-refractivity contribution in [2.75, 3.05) is 6.61 Å². The number of fused-ring (bicyclic) bond motifs is 1. The van der Waals surface area contributed by atoms with Gasteiger partial charge in [-0.3, -0.25) is 14.9 Å². The molecule has 178 valence electrons. The highest BCUT2D eigenvalue weighted by atomic mass is 32.2. The van der Waals surface area contributed by atoms with Gasteiger partial charge < -0.3 is 9.84 Å². The Morgan fingerprint density at radius 2 is 2.06 bits per heavy atom. The van der Waals surface area contributed by atoms with E-state index in [0.29, 0.717) is 27.0 Å². The molecule has 0 aliphatic heterocycles. The van der Waals surface area contributed by atoms with Crippen molar-refractivity contribution in [2.45, 2.75) is 22.3 Å². The number of nitro groups is 1. The molecule has 11 heteroatoms. The molecule has 0 unspecified atom stereocenters. The van der Waals surface area contributed by atoms with Crippen LogP contribution in [0.25, 0.3) is 10.2 Å². The lowest BCUT2D eigenvalue weighted by atomic mass is 10.1. The molecule has 0 spiro atoms. The fourth-order valence-corrected chi connectivity index (χ4v) is 5.28. The molecule has 0 saturated heterocycles. The normalized spacial score (nSPS) is 12.1. The second-order valence-corrected chi connectivity index (χ2v) is 9.50. The molecule has 9 nitrogen and oxygen atoms in total. The van der Waals surface area contributed by atoms with Gasteiger partial charge in [-0.25, -0.2) is 10.4 Å². The van der Waals surface area contributed by atoms with Crippen LogP contribution in [0.2, 0.25) is 0 Å². The van der Waals surface area contributed by atoms with Gasteiger partial charge in [-0.1, -0.05) is 48.2 Å². The second-order valence-electron chi connectivity index (χ2n) is 7.18. The number of aliphatic hydroxyl groups is 1. The van der Waals surface area contributed by atoms with Gasteiger partial charge >= 0.3 is 0 Å². The van der Waals surface area contributed by atoms with Crippen LogP contribution in [-0.4, -0.2) is 33.7 Å². The van der Waals surface area contributed by atoms with Gasteiger partial charge in [0.1, 0.15) is 5.75 Å². The standard InChI is InChI=1S/C24H20N4O5S2/c1-2-33-17-9-10-18-21(13-17)35-24(26-18)34-20-11-8-15(12-19(20)28(31)32)14-25-27-23(30)22(29)16-6-4-3-5-7-16/h3-14,22,29H,2H2,1H3,(H,27,30)/b25-14-/t22-/m0/s1. The minimum absolute atomic E-state index is 0.108. The van der Waals surface area contributed by atoms with Gasteiger partial charge in [0.15, 0.2) is 10.4 Å². The number of carbonyl (C=O) groups is 1. The highest BCUT2D eigenvalue weighted by molar-refractivity contribution is 8.01. The van der Waals surface area contributed by atoms with E-state index in [9.17, 15) is 20.0 Å². The third-order valence-electron chi connectivity index (χ3n) is 4.78. The molecule has 0 aliphatic rings. The number of hydrazone groups is 1. The van der Waals surface area contributed by atoms with Crippen LogP contribution in [-0.2, 0) is 4.79 Å². The molecule has 1 aromatic heterocycles. The Morgan fingerprint density at radius 3 is 2.80 bits per heavy atom. The predicted molar refractivity (Wildman–Crippen MR) is 135 cm³/mol. The van der Waals surface area contributed by atoms with Crippen LogP contribution < -0.4 is 10.2 Å². The molecule has 35 heavy (non-hydrogen) atoms. The number of aliphatic hydroxyl groups excluding tert-OH is 1. The zero-order chi connectivity index (χ0) is 24.8. The van der Waals surface area contributed by atoms with E-state index in [1.165, 1.54) is 35.4 Å². The van der Waals surface area contributed by atoms with E-state index in [0.717, 1.165) is 16.0 Å². The van der Waals surface area contributed by atoms with Crippen molar-refractivity contribution >= 4 is 51.1 Å². The Kier molecular flexibility index (Phi) is 7.70. The molecule has 0 radical (unpaired) electrons. The van der Waals surface area contributed by atoms with Gasteiger partial charge in [-0.2, -0.15) is 5.10 Å². The van der Waals surface area contributed by atoms with Gasteiger partial charge in [-0.05, 0) is 36.8 Å². The number of rotatable bonds is 9. The maximum absolute atomic E-state index is 12.1. The molecule has 0 aliphatic carbocycles. The van der Waals surface area contributed by atoms with Crippen LogP contribution in [0.15, 0.2) is 81.1 Å². The first-order valence-electron chi connectivity index (χ1n) is 10.5. The number of hydrogen-bond donors (Lipinski definition) is 2. The van der Waals surface area contributed by atoms with Gasteiger partial charge in [0, 0.05) is 11.6 Å². The molecule has 1 heterocycles. The van der Waals surface area contributed by atoms with Crippen LogP contribution in [0.4, 0.5) is 5.69 Å². The summed E-state index contributed by atoms with van der Waals surface area (Å²) in [5, 5.41) is 25.6. The van der Waals surface area contributed by atoms with Crippen LogP contribution in [0.5, 0.6) is 5.75 Å². The number of benzene rings is 3. The molecule has 1 atom stereocenters. The van der Waals surface area contributed by atoms with Crippen molar-refractivity contribution in [1.29, 1.82) is 0 Å². The molecule has 4 rings (SSSR count). The van der Waals surface area contributed by atoms with Gasteiger partial charge in [0.25, 0.3) is 11.6 Å². The molecule has 1 amide bonds. The van der Waals surface area contributed by atoms with Gasteiger partial charge in [0.05, 0.1) is 32.9 Å². The summed E-state index contributed by atoms with van der Waals surface area (Å²) < 4.78 is 7.11. The maximum Gasteiger partial charge on any atom is 0.283 e. The van der Waals surface area contributed by atoms with Crippen LogP contribution in [0.1, 0.15) is 24.2 Å². The van der Waals surface area contributed by atoms with Gasteiger partial charge in [-0.15, -0.1) is 11.3 Å². The number of nitro benzene ring substituents is 1. The Bertz CT molecular complexity index is 1390.